The molecule has 0 fully saturated rings. The van der Waals surface area contributed by atoms with Crippen molar-refractivity contribution in [2.75, 3.05) is 20.1 Å². The quantitative estimate of drug-likeness (QED) is 0.747. The van der Waals surface area contributed by atoms with Crippen molar-refractivity contribution >= 4 is 10.0 Å². The van der Waals surface area contributed by atoms with E-state index in [9.17, 15) is 8.42 Å². The molecule has 0 aliphatic rings. The number of hydrogen-bond donors (Lipinski definition) is 1. The molecule has 0 aliphatic carbocycles. The van der Waals surface area contributed by atoms with Gasteiger partial charge in [0.15, 0.2) is 5.76 Å². The van der Waals surface area contributed by atoms with E-state index in [1.165, 1.54) is 5.56 Å². The number of nitrogens with one attached hydrogen (secondary N) is 1. The first-order valence-electron chi connectivity index (χ1n) is 7.55. The Hall–Kier alpha value is -1.70. The van der Waals surface area contributed by atoms with Crippen molar-refractivity contribution in [2.45, 2.75) is 31.7 Å². The highest BCUT2D eigenvalue weighted by atomic mass is 32.2. The predicted molar refractivity (Wildman–Crippen MR) is 88.6 cm³/mol. The molecule has 0 atom stereocenters. The fourth-order valence-corrected chi connectivity index (χ4v) is 3.86. The van der Waals surface area contributed by atoms with Crippen LogP contribution in [0.4, 0.5) is 0 Å². The van der Waals surface area contributed by atoms with E-state index >= 15 is 0 Å². The molecule has 7 heteroatoms. The molecule has 0 saturated heterocycles. The summed E-state index contributed by atoms with van der Waals surface area (Å²) in [6, 6.07) is 10.2. The Bertz CT molecular complexity index is 707. The molecule has 0 radical (unpaired) electrons. The molecule has 2 aromatic rings. The highest BCUT2D eigenvalue weighted by molar-refractivity contribution is 7.89. The van der Waals surface area contributed by atoms with Gasteiger partial charge in [-0.05, 0) is 39.4 Å². The summed E-state index contributed by atoms with van der Waals surface area (Å²) in [5.41, 5.74) is 1.63. The van der Waals surface area contributed by atoms with Gasteiger partial charge >= 0.3 is 0 Å². The molecule has 0 aliphatic heterocycles. The highest BCUT2D eigenvalue weighted by Gasteiger charge is 2.23. The lowest BCUT2D eigenvalue weighted by Crippen LogP contribution is -2.28. The average Bonchev–Trinajstić information content (AvgIpc) is 2.84. The van der Waals surface area contributed by atoms with Crippen LogP contribution in [0.5, 0.6) is 0 Å². The molecule has 0 amide bonds. The molecule has 2 rings (SSSR count). The lowest BCUT2D eigenvalue weighted by atomic mass is 10.2. The summed E-state index contributed by atoms with van der Waals surface area (Å²) in [6.07, 6.45) is 0.728. The van der Waals surface area contributed by atoms with Crippen molar-refractivity contribution in [2.24, 2.45) is 0 Å². The van der Waals surface area contributed by atoms with Gasteiger partial charge in [0.1, 0.15) is 10.6 Å². The number of sulfonamides is 1. The second-order valence-corrected chi connectivity index (χ2v) is 7.33. The first kappa shape index (κ1) is 17.7. The summed E-state index contributed by atoms with van der Waals surface area (Å²) in [7, 11) is -1.54. The third kappa shape index (κ3) is 4.89. The Morgan fingerprint density at radius 3 is 2.52 bits per heavy atom. The number of rotatable bonds is 8. The lowest BCUT2D eigenvalue weighted by Gasteiger charge is -2.16. The molecule has 1 N–H and O–H groups in total. The molecule has 1 aromatic heterocycles. The number of aromatic nitrogens is 1. The minimum absolute atomic E-state index is 0.148. The van der Waals surface area contributed by atoms with Gasteiger partial charge in [0, 0.05) is 13.1 Å². The van der Waals surface area contributed by atoms with Gasteiger partial charge in [-0.3, -0.25) is 0 Å². The molecule has 0 saturated carbocycles. The van der Waals surface area contributed by atoms with Gasteiger partial charge in [-0.2, -0.15) is 0 Å². The zero-order chi connectivity index (χ0) is 16.9. The van der Waals surface area contributed by atoms with E-state index in [2.05, 4.69) is 26.9 Å². The largest absolute Gasteiger partial charge is 0.360 e. The van der Waals surface area contributed by atoms with Crippen molar-refractivity contribution < 1.29 is 12.9 Å². The van der Waals surface area contributed by atoms with Gasteiger partial charge in [0.05, 0.1) is 0 Å². The van der Waals surface area contributed by atoms with Gasteiger partial charge in [-0.1, -0.05) is 35.5 Å². The smallest absolute Gasteiger partial charge is 0.245 e. The van der Waals surface area contributed by atoms with E-state index in [0.717, 1.165) is 19.5 Å². The van der Waals surface area contributed by atoms with Crippen molar-refractivity contribution in [3.8, 4) is 0 Å². The molecule has 0 spiro atoms. The third-order valence-corrected chi connectivity index (χ3v) is 5.25. The number of aryl methyl sites for hydroxylation is 2. The normalized spacial score (nSPS) is 12.0. The maximum Gasteiger partial charge on any atom is 0.245 e. The van der Waals surface area contributed by atoms with Crippen molar-refractivity contribution in [3.05, 3.63) is 47.3 Å². The molecule has 0 unspecified atom stereocenters. The fraction of sp³-hybridized carbons (Fsp3) is 0.438. The van der Waals surface area contributed by atoms with E-state index < -0.39 is 10.0 Å². The second-order valence-electron chi connectivity index (χ2n) is 5.63. The van der Waals surface area contributed by atoms with Gasteiger partial charge in [0.25, 0.3) is 0 Å². The van der Waals surface area contributed by atoms with E-state index in [4.69, 9.17) is 4.52 Å². The fourth-order valence-electron chi connectivity index (χ4n) is 2.46. The number of hydrogen-bond acceptors (Lipinski definition) is 5. The van der Waals surface area contributed by atoms with Crippen LogP contribution < -0.4 is 4.72 Å². The predicted octanol–water partition coefficient (Wildman–Crippen LogP) is 2.09. The SMILES string of the molecule is Cc1noc(C)c1S(=O)(=O)NCCCN(C)Cc1ccccc1. The molecular formula is C16H23N3O3S. The number of benzene rings is 1. The molecule has 1 aromatic carbocycles. The van der Waals surface area contributed by atoms with Crippen molar-refractivity contribution in [1.82, 2.24) is 14.8 Å². The van der Waals surface area contributed by atoms with Crippen LogP contribution in [0.3, 0.4) is 0 Å². The topological polar surface area (TPSA) is 75.4 Å². The van der Waals surface area contributed by atoms with Crippen LogP contribution in [0.1, 0.15) is 23.4 Å². The van der Waals surface area contributed by atoms with Crippen LogP contribution in [0.2, 0.25) is 0 Å². The summed E-state index contributed by atoms with van der Waals surface area (Å²) in [5, 5.41) is 3.68. The Morgan fingerprint density at radius 1 is 1.22 bits per heavy atom. The molecule has 126 valence electrons. The van der Waals surface area contributed by atoms with E-state index in [0.29, 0.717) is 18.0 Å². The third-order valence-electron chi connectivity index (χ3n) is 3.54. The second kappa shape index (κ2) is 7.72. The minimum atomic E-state index is -3.56. The van der Waals surface area contributed by atoms with Gasteiger partial charge in [-0.25, -0.2) is 13.1 Å². The van der Waals surface area contributed by atoms with Crippen LogP contribution in [-0.4, -0.2) is 38.6 Å². The molecule has 0 bridgehead atoms. The summed E-state index contributed by atoms with van der Waals surface area (Å²) in [5.74, 6) is 0.316. The molecular weight excluding hydrogens is 314 g/mol. The van der Waals surface area contributed by atoms with Crippen LogP contribution in [-0.2, 0) is 16.6 Å². The summed E-state index contributed by atoms with van der Waals surface area (Å²) >= 11 is 0. The number of nitrogens with zero attached hydrogens (tertiary/aromatic N) is 2. The molecule has 23 heavy (non-hydrogen) atoms. The Morgan fingerprint density at radius 2 is 1.91 bits per heavy atom. The highest BCUT2D eigenvalue weighted by Crippen LogP contribution is 2.18. The van der Waals surface area contributed by atoms with Crippen molar-refractivity contribution in [3.63, 3.8) is 0 Å². The molecule has 6 nitrogen and oxygen atoms in total. The summed E-state index contributed by atoms with van der Waals surface area (Å²) < 4.78 is 32.0. The van der Waals surface area contributed by atoms with E-state index in [1.54, 1.807) is 13.8 Å². The standard InChI is InChI=1S/C16H23N3O3S/c1-13-16(14(2)22-18-13)23(20,21)17-10-7-11-19(3)12-15-8-5-4-6-9-15/h4-6,8-9,17H,7,10-12H2,1-3H3. The average molecular weight is 337 g/mol. The first-order valence-corrected chi connectivity index (χ1v) is 9.03. The summed E-state index contributed by atoms with van der Waals surface area (Å²) in [6.45, 7) is 5.25. The van der Waals surface area contributed by atoms with E-state index in [1.807, 2.05) is 25.2 Å². The lowest BCUT2D eigenvalue weighted by molar-refractivity contribution is 0.322. The van der Waals surface area contributed by atoms with Crippen LogP contribution in [0, 0.1) is 13.8 Å². The Kier molecular flexibility index (Phi) is 5.92. The maximum absolute atomic E-state index is 12.2. The van der Waals surface area contributed by atoms with Crippen LogP contribution in [0.15, 0.2) is 39.8 Å². The summed E-state index contributed by atoms with van der Waals surface area (Å²) in [4.78, 5) is 2.31. The minimum Gasteiger partial charge on any atom is -0.360 e. The van der Waals surface area contributed by atoms with E-state index in [-0.39, 0.29) is 4.90 Å². The van der Waals surface area contributed by atoms with Gasteiger partial charge in [-0.15, -0.1) is 0 Å². The Labute approximate surface area is 137 Å². The zero-order valence-electron chi connectivity index (χ0n) is 13.7. The maximum atomic E-state index is 12.2. The zero-order valence-corrected chi connectivity index (χ0v) is 14.6. The Balaban J connectivity index is 1.79. The van der Waals surface area contributed by atoms with Crippen LogP contribution >= 0.6 is 0 Å². The van der Waals surface area contributed by atoms with Gasteiger partial charge < -0.3 is 9.42 Å². The first-order chi connectivity index (χ1) is 10.9. The van der Waals surface area contributed by atoms with Gasteiger partial charge in [0.2, 0.25) is 10.0 Å². The van der Waals surface area contributed by atoms with Crippen molar-refractivity contribution in [1.29, 1.82) is 0 Å². The molecule has 1 heterocycles. The monoisotopic (exact) mass is 337 g/mol. The van der Waals surface area contributed by atoms with Crippen LogP contribution in [0.25, 0.3) is 0 Å².